The number of aromatic nitrogens is 1. The zero-order chi connectivity index (χ0) is 11.1. The van der Waals surface area contributed by atoms with E-state index in [1.165, 1.54) is 6.20 Å². The van der Waals surface area contributed by atoms with Crippen molar-refractivity contribution in [3.63, 3.8) is 0 Å². The van der Waals surface area contributed by atoms with Crippen LogP contribution < -0.4 is 4.74 Å². The first kappa shape index (κ1) is 9.60. The summed E-state index contributed by atoms with van der Waals surface area (Å²) in [6.07, 6.45) is 1.46. The quantitative estimate of drug-likeness (QED) is 0.653. The van der Waals surface area contributed by atoms with Crippen molar-refractivity contribution < 1.29 is 9.13 Å². The third-order valence-electron chi connectivity index (χ3n) is 2.61. The third kappa shape index (κ3) is 1.36. The number of ether oxygens (including phenoxy) is 1. The van der Waals surface area contributed by atoms with E-state index in [-0.39, 0.29) is 6.61 Å². The van der Waals surface area contributed by atoms with Gasteiger partial charge >= 0.3 is 0 Å². The summed E-state index contributed by atoms with van der Waals surface area (Å²) in [5, 5.41) is 0.608. The van der Waals surface area contributed by atoms with Crippen molar-refractivity contribution in [1.29, 1.82) is 0 Å². The van der Waals surface area contributed by atoms with Crippen LogP contribution in [0.25, 0.3) is 11.1 Å². The highest BCUT2D eigenvalue weighted by Gasteiger charge is 2.20. The van der Waals surface area contributed by atoms with Crippen molar-refractivity contribution >= 4 is 11.6 Å². The van der Waals surface area contributed by atoms with Gasteiger partial charge in [-0.2, -0.15) is 4.39 Å². The minimum Gasteiger partial charge on any atom is -0.488 e. The van der Waals surface area contributed by atoms with E-state index in [2.05, 4.69) is 4.98 Å². The predicted molar refractivity (Wildman–Crippen MR) is 59.0 cm³/mol. The molecule has 1 aliphatic heterocycles. The van der Waals surface area contributed by atoms with Crippen LogP contribution in [0.3, 0.4) is 0 Å². The third-order valence-corrected chi connectivity index (χ3v) is 2.84. The number of pyridine rings is 1. The largest absolute Gasteiger partial charge is 0.488 e. The molecule has 2 nitrogen and oxygen atoms in total. The highest BCUT2D eigenvalue weighted by molar-refractivity contribution is 6.30. The summed E-state index contributed by atoms with van der Waals surface area (Å²) >= 11 is 5.87. The SMILES string of the molecule is Fc1nccc2c1COc1cc(Cl)ccc1-2. The minimum absolute atomic E-state index is 0.197. The molecule has 0 radical (unpaired) electrons. The Hall–Kier alpha value is -1.61. The molecule has 0 amide bonds. The molecule has 3 rings (SSSR count). The maximum Gasteiger partial charge on any atom is 0.220 e. The van der Waals surface area contributed by atoms with Gasteiger partial charge in [0, 0.05) is 16.8 Å². The lowest BCUT2D eigenvalue weighted by Crippen LogP contribution is -2.08. The van der Waals surface area contributed by atoms with Crippen LogP contribution in [0.4, 0.5) is 4.39 Å². The first-order valence-electron chi connectivity index (χ1n) is 4.82. The molecule has 0 saturated heterocycles. The zero-order valence-corrected chi connectivity index (χ0v) is 8.96. The summed E-state index contributed by atoms with van der Waals surface area (Å²) in [7, 11) is 0. The summed E-state index contributed by atoms with van der Waals surface area (Å²) < 4.78 is 18.9. The van der Waals surface area contributed by atoms with Gasteiger partial charge in [-0.25, -0.2) is 4.98 Å². The minimum atomic E-state index is -0.474. The highest BCUT2D eigenvalue weighted by atomic mass is 35.5. The molecule has 2 heterocycles. The summed E-state index contributed by atoms with van der Waals surface area (Å²) in [5.74, 6) is 0.212. The first-order valence-corrected chi connectivity index (χ1v) is 5.19. The number of benzene rings is 1. The van der Waals surface area contributed by atoms with Crippen LogP contribution in [0, 0.1) is 5.95 Å². The van der Waals surface area contributed by atoms with Crippen molar-refractivity contribution in [3.8, 4) is 16.9 Å². The summed E-state index contributed by atoms with van der Waals surface area (Å²) in [4.78, 5) is 3.61. The summed E-state index contributed by atoms with van der Waals surface area (Å²) in [5.41, 5.74) is 2.18. The van der Waals surface area contributed by atoms with E-state index in [1.807, 2.05) is 6.07 Å². The lowest BCUT2D eigenvalue weighted by atomic mass is 9.99. The maximum atomic E-state index is 13.4. The van der Waals surface area contributed by atoms with Crippen LogP contribution >= 0.6 is 11.6 Å². The molecular weight excluding hydrogens is 229 g/mol. The molecule has 0 saturated carbocycles. The number of halogens is 2. The van der Waals surface area contributed by atoms with Gasteiger partial charge in [0.1, 0.15) is 12.4 Å². The van der Waals surface area contributed by atoms with E-state index >= 15 is 0 Å². The molecule has 0 atom stereocenters. The Bertz CT molecular complexity index is 571. The zero-order valence-electron chi connectivity index (χ0n) is 8.21. The monoisotopic (exact) mass is 235 g/mol. The number of rotatable bonds is 0. The Morgan fingerprint density at radius 3 is 3.00 bits per heavy atom. The average Bonchev–Trinajstić information content (AvgIpc) is 2.28. The number of fused-ring (bicyclic) bond motifs is 3. The van der Waals surface area contributed by atoms with Crippen LogP contribution in [0.2, 0.25) is 5.02 Å². The number of nitrogens with zero attached hydrogens (tertiary/aromatic N) is 1. The lowest BCUT2D eigenvalue weighted by molar-refractivity contribution is 0.293. The van der Waals surface area contributed by atoms with Gasteiger partial charge in [-0.15, -0.1) is 0 Å². The van der Waals surface area contributed by atoms with E-state index < -0.39 is 5.95 Å². The molecule has 2 aromatic rings. The smallest absolute Gasteiger partial charge is 0.220 e. The molecule has 1 aliphatic rings. The molecule has 0 bridgehead atoms. The average molecular weight is 236 g/mol. The van der Waals surface area contributed by atoms with Crippen LogP contribution in [0.5, 0.6) is 5.75 Å². The first-order chi connectivity index (χ1) is 7.75. The normalized spacial score (nSPS) is 12.6. The predicted octanol–water partition coefficient (Wildman–Crippen LogP) is 3.43. The summed E-state index contributed by atoms with van der Waals surface area (Å²) in [6, 6.07) is 7.11. The fourth-order valence-corrected chi connectivity index (χ4v) is 2.01. The van der Waals surface area contributed by atoms with Gasteiger partial charge in [0.25, 0.3) is 0 Å². The molecule has 0 unspecified atom stereocenters. The van der Waals surface area contributed by atoms with Crippen LogP contribution in [-0.2, 0) is 6.61 Å². The fraction of sp³-hybridized carbons (Fsp3) is 0.0833. The molecule has 0 spiro atoms. The van der Waals surface area contributed by atoms with Gasteiger partial charge in [-0.1, -0.05) is 11.6 Å². The van der Waals surface area contributed by atoms with Crippen LogP contribution in [0.15, 0.2) is 30.5 Å². The molecule has 1 aromatic carbocycles. The molecular formula is C12H7ClFNO. The number of hydrogen-bond donors (Lipinski definition) is 0. The van der Waals surface area contributed by atoms with Crippen molar-refractivity contribution in [2.24, 2.45) is 0 Å². The van der Waals surface area contributed by atoms with E-state index in [9.17, 15) is 4.39 Å². The molecule has 4 heteroatoms. The highest BCUT2D eigenvalue weighted by Crippen LogP contribution is 2.39. The van der Waals surface area contributed by atoms with Gasteiger partial charge in [0.05, 0.1) is 5.56 Å². The van der Waals surface area contributed by atoms with Crippen molar-refractivity contribution in [1.82, 2.24) is 4.98 Å². The van der Waals surface area contributed by atoms with Gasteiger partial charge < -0.3 is 4.74 Å². The van der Waals surface area contributed by atoms with E-state index in [1.54, 1.807) is 18.2 Å². The Labute approximate surface area is 96.6 Å². The van der Waals surface area contributed by atoms with Crippen molar-refractivity contribution in [2.75, 3.05) is 0 Å². The second-order valence-corrected chi connectivity index (χ2v) is 3.99. The van der Waals surface area contributed by atoms with E-state index in [4.69, 9.17) is 16.3 Å². The Balaban J connectivity index is 2.27. The number of hydrogen-bond acceptors (Lipinski definition) is 2. The molecule has 0 N–H and O–H groups in total. The second-order valence-electron chi connectivity index (χ2n) is 3.56. The molecule has 1 aromatic heterocycles. The Kier molecular flexibility index (Phi) is 2.07. The second kappa shape index (κ2) is 3.46. The molecule has 16 heavy (non-hydrogen) atoms. The van der Waals surface area contributed by atoms with E-state index in [0.717, 1.165) is 11.1 Å². The van der Waals surface area contributed by atoms with Crippen LogP contribution in [-0.4, -0.2) is 4.98 Å². The van der Waals surface area contributed by atoms with Gasteiger partial charge in [0.2, 0.25) is 5.95 Å². The van der Waals surface area contributed by atoms with Gasteiger partial charge in [0.15, 0.2) is 0 Å². The maximum absolute atomic E-state index is 13.4. The molecule has 0 fully saturated rings. The molecule has 0 aliphatic carbocycles. The summed E-state index contributed by atoms with van der Waals surface area (Å²) in [6.45, 7) is 0.197. The van der Waals surface area contributed by atoms with Gasteiger partial charge in [-0.05, 0) is 29.8 Å². The van der Waals surface area contributed by atoms with Gasteiger partial charge in [-0.3, -0.25) is 0 Å². The Morgan fingerprint density at radius 1 is 1.25 bits per heavy atom. The van der Waals surface area contributed by atoms with E-state index in [0.29, 0.717) is 16.3 Å². The lowest BCUT2D eigenvalue weighted by Gasteiger charge is -2.20. The topological polar surface area (TPSA) is 22.1 Å². The standard InChI is InChI=1S/C12H7ClFNO/c13-7-1-2-9-8-3-4-15-12(14)10(8)6-16-11(9)5-7/h1-5H,6H2. The van der Waals surface area contributed by atoms with Crippen molar-refractivity contribution in [3.05, 3.63) is 47.0 Å². The Morgan fingerprint density at radius 2 is 2.12 bits per heavy atom. The van der Waals surface area contributed by atoms with Crippen molar-refractivity contribution in [2.45, 2.75) is 6.61 Å². The fourth-order valence-electron chi connectivity index (χ4n) is 1.84. The molecule has 80 valence electrons. The van der Waals surface area contributed by atoms with Crippen LogP contribution in [0.1, 0.15) is 5.56 Å².